The number of hydrogen-bond donors (Lipinski definition) is 0. The molecule has 0 bridgehead atoms. The molecule has 0 nitrogen and oxygen atoms in total. The largest absolute Gasteiger partial charge is 0.0622 e. The molecule has 0 aromatic heterocycles. The summed E-state index contributed by atoms with van der Waals surface area (Å²) in [6.07, 6.45) is 0. The summed E-state index contributed by atoms with van der Waals surface area (Å²) in [5.74, 6) is 0. The highest BCUT2D eigenvalue weighted by atomic mass is 14.2. The highest BCUT2D eigenvalue weighted by Gasteiger charge is 2.18. The molecule has 252 valence electrons. The zero-order valence-electron chi connectivity index (χ0n) is 29.8. The van der Waals surface area contributed by atoms with Crippen LogP contribution in [0.25, 0.3) is 99.1 Å². The molecule has 0 N–H and O–H groups in total. The molecule has 10 aromatic carbocycles. The maximum absolute atomic E-state index is 2.41. The summed E-state index contributed by atoms with van der Waals surface area (Å²) in [4.78, 5) is 0. The first kappa shape index (κ1) is 31.7. The lowest BCUT2D eigenvalue weighted by Gasteiger charge is -2.19. The van der Waals surface area contributed by atoms with Crippen LogP contribution < -0.4 is 0 Å². The number of benzene rings is 10. The Morgan fingerprint density at radius 1 is 0.185 bits per heavy atom. The SMILES string of the molecule is c1ccc(-c2ccc(-c3c4ccccc4c(-c4ccccc4)c4ccccc34)cc2-c2ccc(-c3ccc(-c4cccc5ccccc45)cc3)cc2)cc1. The average molecular weight is 685 g/mol. The predicted octanol–water partition coefficient (Wildman–Crippen LogP) is 15.1. The Hall–Kier alpha value is -7.02. The Labute approximate surface area is 316 Å². The van der Waals surface area contributed by atoms with Gasteiger partial charge >= 0.3 is 0 Å². The van der Waals surface area contributed by atoms with Gasteiger partial charge in [-0.15, -0.1) is 0 Å². The van der Waals surface area contributed by atoms with Gasteiger partial charge in [0.05, 0.1) is 0 Å². The third kappa shape index (κ3) is 5.57. The van der Waals surface area contributed by atoms with Gasteiger partial charge in [-0.1, -0.05) is 212 Å². The number of hydrogen-bond acceptors (Lipinski definition) is 0. The fourth-order valence-corrected chi connectivity index (χ4v) is 8.32. The smallest absolute Gasteiger partial charge is 0.00261 e. The molecule has 0 fully saturated rings. The molecule has 0 atom stereocenters. The molecule has 0 amide bonds. The van der Waals surface area contributed by atoms with Gasteiger partial charge in [0.2, 0.25) is 0 Å². The third-order valence-electron chi connectivity index (χ3n) is 10.9. The second-order valence-electron chi connectivity index (χ2n) is 14.0. The van der Waals surface area contributed by atoms with E-state index in [2.05, 4.69) is 218 Å². The van der Waals surface area contributed by atoms with E-state index in [-0.39, 0.29) is 0 Å². The van der Waals surface area contributed by atoms with Crippen LogP contribution in [0.4, 0.5) is 0 Å². The molecule has 0 saturated heterocycles. The van der Waals surface area contributed by atoms with Crippen LogP contribution in [0.15, 0.2) is 218 Å². The van der Waals surface area contributed by atoms with Crippen LogP contribution in [0.3, 0.4) is 0 Å². The summed E-state index contributed by atoms with van der Waals surface area (Å²) in [6.45, 7) is 0. The van der Waals surface area contributed by atoms with Gasteiger partial charge in [0.25, 0.3) is 0 Å². The van der Waals surface area contributed by atoms with Crippen molar-refractivity contribution in [2.45, 2.75) is 0 Å². The highest BCUT2D eigenvalue weighted by molar-refractivity contribution is 6.21. The van der Waals surface area contributed by atoms with Crippen molar-refractivity contribution in [2.24, 2.45) is 0 Å². The van der Waals surface area contributed by atoms with Crippen LogP contribution in [0.5, 0.6) is 0 Å². The molecule has 10 aromatic rings. The molecule has 54 heavy (non-hydrogen) atoms. The monoisotopic (exact) mass is 684 g/mol. The first-order valence-electron chi connectivity index (χ1n) is 18.7. The highest BCUT2D eigenvalue weighted by Crippen LogP contribution is 2.45. The number of rotatable bonds is 6. The van der Waals surface area contributed by atoms with Gasteiger partial charge in [0, 0.05) is 0 Å². The van der Waals surface area contributed by atoms with Gasteiger partial charge in [-0.2, -0.15) is 0 Å². The normalized spacial score (nSPS) is 11.3. The molecular weight excluding hydrogens is 649 g/mol. The minimum absolute atomic E-state index is 1.20. The van der Waals surface area contributed by atoms with E-state index in [0.717, 1.165) is 0 Å². The summed E-state index contributed by atoms with van der Waals surface area (Å²) >= 11 is 0. The van der Waals surface area contributed by atoms with E-state index in [4.69, 9.17) is 0 Å². The molecule has 0 spiro atoms. The van der Waals surface area contributed by atoms with Crippen molar-refractivity contribution in [3.8, 4) is 66.8 Å². The average Bonchev–Trinajstić information content (AvgIpc) is 3.26. The molecule has 0 radical (unpaired) electrons. The summed E-state index contributed by atoms with van der Waals surface area (Å²) in [6, 6.07) is 79.7. The first-order valence-corrected chi connectivity index (χ1v) is 18.7. The van der Waals surface area contributed by atoms with E-state index in [1.165, 1.54) is 99.1 Å². The summed E-state index contributed by atoms with van der Waals surface area (Å²) in [7, 11) is 0. The van der Waals surface area contributed by atoms with E-state index in [1.807, 2.05) is 0 Å². The van der Waals surface area contributed by atoms with Crippen LogP contribution in [0.2, 0.25) is 0 Å². The van der Waals surface area contributed by atoms with Crippen LogP contribution in [0, 0.1) is 0 Å². The van der Waals surface area contributed by atoms with Crippen LogP contribution in [-0.2, 0) is 0 Å². The Morgan fingerprint density at radius 3 is 1.15 bits per heavy atom. The van der Waals surface area contributed by atoms with Crippen LogP contribution in [0.1, 0.15) is 0 Å². The summed E-state index contributed by atoms with van der Waals surface area (Å²) < 4.78 is 0. The van der Waals surface area contributed by atoms with E-state index in [0.29, 0.717) is 0 Å². The van der Waals surface area contributed by atoms with Gasteiger partial charge in [-0.05, 0) is 105 Å². The fraction of sp³-hybridized carbons (Fsp3) is 0. The van der Waals surface area contributed by atoms with Crippen molar-refractivity contribution in [3.63, 3.8) is 0 Å². The van der Waals surface area contributed by atoms with Gasteiger partial charge in [-0.3, -0.25) is 0 Å². The van der Waals surface area contributed by atoms with Crippen molar-refractivity contribution in [1.29, 1.82) is 0 Å². The van der Waals surface area contributed by atoms with Gasteiger partial charge < -0.3 is 0 Å². The molecule has 0 aliphatic carbocycles. The van der Waals surface area contributed by atoms with Gasteiger partial charge in [-0.25, -0.2) is 0 Å². The Kier molecular flexibility index (Phi) is 7.93. The standard InChI is InChI=1S/C54H36/c1-3-14-39(15-4-1)47-35-34-44(54-50-23-11-9-21-48(50)53(43-17-5-2-6-18-43)49-22-10-12-24-51(49)54)36-52(47)42-32-28-38(29-33-42)37-26-30-41(31-27-37)46-25-13-19-40-16-7-8-20-45(40)46/h1-36H. The number of fused-ring (bicyclic) bond motifs is 3. The first-order chi connectivity index (χ1) is 26.8. The Balaban J connectivity index is 1.09. The lowest BCUT2D eigenvalue weighted by atomic mass is 9.84. The fourth-order valence-electron chi connectivity index (χ4n) is 8.32. The molecule has 0 aliphatic rings. The summed E-state index contributed by atoms with van der Waals surface area (Å²) in [5, 5.41) is 7.59. The lowest BCUT2D eigenvalue weighted by Crippen LogP contribution is -1.92. The van der Waals surface area contributed by atoms with Crippen molar-refractivity contribution >= 4 is 32.3 Å². The maximum atomic E-state index is 2.41. The summed E-state index contributed by atoms with van der Waals surface area (Å²) in [5.41, 5.74) is 14.8. The zero-order chi connectivity index (χ0) is 35.8. The Bertz CT molecular complexity index is 2870. The molecule has 10 rings (SSSR count). The topological polar surface area (TPSA) is 0 Å². The zero-order valence-corrected chi connectivity index (χ0v) is 29.8. The minimum Gasteiger partial charge on any atom is -0.0622 e. The quantitative estimate of drug-likeness (QED) is 0.153. The van der Waals surface area contributed by atoms with Crippen LogP contribution in [-0.4, -0.2) is 0 Å². The molecule has 0 heterocycles. The van der Waals surface area contributed by atoms with E-state index in [1.54, 1.807) is 0 Å². The third-order valence-corrected chi connectivity index (χ3v) is 10.9. The molecule has 0 saturated carbocycles. The van der Waals surface area contributed by atoms with Gasteiger partial charge in [0.1, 0.15) is 0 Å². The van der Waals surface area contributed by atoms with Gasteiger partial charge in [0.15, 0.2) is 0 Å². The molecule has 0 aliphatic heterocycles. The van der Waals surface area contributed by atoms with Crippen LogP contribution >= 0.6 is 0 Å². The molecule has 0 heteroatoms. The lowest BCUT2D eigenvalue weighted by molar-refractivity contribution is 1.56. The predicted molar refractivity (Wildman–Crippen MR) is 232 cm³/mol. The Morgan fingerprint density at radius 2 is 0.574 bits per heavy atom. The van der Waals surface area contributed by atoms with E-state index < -0.39 is 0 Å². The van der Waals surface area contributed by atoms with Crippen molar-refractivity contribution in [2.75, 3.05) is 0 Å². The van der Waals surface area contributed by atoms with E-state index in [9.17, 15) is 0 Å². The minimum atomic E-state index is 1.20. The van der Waals surface area contributed by atoms with E-state index >= 15 is 0 Å². The molecule has 0 unspecified atom stereocenters. The maximum Gasteiger partial charge on any atom is -0.00261 e. The van der Waals surface area contributed by atoms with Crippen molar-refractivity contribution < 1.29 is 0 Å². The second-order valence-corrected chi connectivity index (χ2v) is 14.0. The van der Waals surface area contributed by atoms with Crippen molar-refractivity contribution in [1.82, 2.24) is 0 Å². The molecular formula is C54H36. The second kappa shape index (κ2) is 13.5. The van der Waals surface area contributed by atoms with Crippen molar-refractivity contribution in [3.05, 3.63) is 218 Å².